The lowest BCUT2D eigenvalue weighted by Crippen LogP contribution is -2.67. The zero-order valence-corrected chi connectivity index (χ0v) is 27.8. The van der Waals surface area contributed by atoms with E-state index in [1.54, 1.807) is 0 Å². The lowest BCUT2D eigenvalue weighted by Gasteiger charge is -2.47. The maximum absolute atomic E-state index is 6.60. The average molecular weight is 584 g/mol. The molecule has 6 aromatic rings. The Morgan fingerprint density at radius 3 is 2.18 bits per heavy atom. The minimum absolute atomic E-state index is 0.0167. The normalized spacial score (nSPS) is 19.9. The van der Waals surface area contributed by atoms with Crippen LogP contribution in [0.1, 0.15) is 84.9 Å². The molecule has 0 saturated heterocycles. The summed E-state index contributed by atoms with van der Waals surface area (Å²) in [5.41, 5.74) is 11.4. The molecule has 2 atom stereocenters. The third-order valence-electron chi connectivity index (χ3n) is 10.9. The van der Waals surface area contributed by atoms with E-state index in [0.717, 1.165) is 36.8 Å². The number of rotatable bonds is 7. The van der Waals surface area contributed by atoms with E-state index in [-0.39, 0.29) is 11.0 Å². The van der Waals surface area contributed by atoms with Crippen molar-refractivity contribution < 1.29 is 8.98 Å². The molecule has 3 heteroatoms. The molecule has 7 rings (SSSR count). The fourth-order valence-corrected chi connectivity index (χ4v) is 8.45. The third kappa shape index (κ3) is 3.90. The van der Waals surface area contributed by atoms with Gasteiger partial charge in [0.15, 0.2) is 11.0 Å². The SMILES string of the molecule is CCC1(C)c2ccccc2-c2n(-c3c(CC(C)C)cc4oc5ccccc5c4c3CC(C)C)c3ccccc3[n+]2C1(C)CC. The van der Waals surface area contributed by atoms with Gasteiger partial charge >= 0.3 is 0 Å². The summed E-state index contributed by atoms with van der Waals surface area (Å²) in [6.07, 6.45) is 4.08. The molecule has 0 saturated carbocycles. The first-order chi connectivity index (χ1) is 21.1. The average Bonchev–Trinajstić information content (AvgIpc) is 3.55. The molecular formula is C41H47N2O+. The van der Waals surface area contributed by atoms with Gasteiger partial charge in [0.25, 0.3) is 5.82 Å². The molecule has 0 spiro atoms. The highest BCUT2D eigenvalue weighted by molar-refractivity contribution is 6.08. The molecule has 1 aliphatic heterocycles. The van der Waals surface area contributed by atoms with Crippen LogP contribution in [0.5, 0.6) is 0 Å². The summed E-state index contributed by atoms with van der Waals surface area (Å²) in [6.45, 7) is 19.1. The van der Waals surface area contributed by atoms with Crippen molar-refractivity contribution in [1.29, 1.82) is 0 Å². The molecule has 0 amide bonds. The van der Waals surface area contributed by atoms with Gasteiger partial charge in [0.2, 0.25) is 0 Å². The largest absolute Gasteiger partial charge is 0.456 e. The lowest BCUT2D eigenvalue weighted by atomic mass is 9.61. The summed E-state index contributed by atoms with van der Waals surface area (Å²) >= 11 is 0. The summed E-state index contributed by atoms with van der Waals surface area (Å²) in [4.78, 5) is 0. The van der Waals surface area contributed by atoms with Crippen molar-refractivity contribution in [3.05, 3.63) is 95.6 Å². The Hall–Kier alpha value is -3.85. The quantitative estimate of drug-likeness (QED) is 0.171. The van der Waals surface area contributed by atoms with Crippen molar-refractivity contribution in [2.75, 3.05) is 0 Å². The van der Waals surface area contributed by atoms with Crippen LogP contribution >= 0.6 is 0 Å². The Labute approximate surface area is 262 Å². The molecule has 226 valence electrons. The van der Waals surface area contributed by atoms with Gasteiger partial charge in [-0.05, 0) is 80.3 Å². The first kappa shape index (κ1) is 28.9. The topological polar surface area (TPSA) is 21.9 Å². The molecule has 3 heterocycles. The van der Waals surface area contributed by atoms with Crippen molar-refractivity contribution in [1.82, 2.24) is 4.57 Å². The first-order valence-electron chi connectivity index (χ1n) is 16.8. The van der Waals surface area contributed by atoms with Crippen LogP contribution in [0.15, 0.2) is 83.3 Å². The van der Waals surface area contributed by atoms with Gasteiger partial charge in [-0.1, -0.05) is 97.0 Å². The number of hydrogen-bond donors (Lipinski definition) is 0. The number of benzene rings is 4. The molecule has 0 radical (unpaired) electrons. The number of nitrogens with zero attached hydrogens (tertiary/aromatic N) is 2. The fraction of sp³-hybridized carbons (Fsp3) is 0.390. The van der Waals surface area contributed by atoms with Crippen molar-refractivity contribution >= 4 is 33.0 Å². The smallest absolute Gasteiger partial charge is 0.295 e. The first-order valence-corrected chi connectivity index (χ1v) is 16.8. The van der Waals surface area contributed by atoms with E-state index in [2.05, 4.69) is 143 Å². The molecule has 0 N–H and O–H groups in total. The zero-order chi connectivity index (χ0) is 31.0. The Morgan fingerprint density at radius 2 is 1.45 bits per heavy atom. The Bertz CT molecular complexity index is 2040. The highest BCUT2D eigenvalue weighted by atomic mass is 16.3. The second-order valence-corrected chi connectivity index (χ2v) is 14.4. The van der Waals surface area contributed by atoms with Crippen LogP contribution in [0.3, 0.4) is 0 Å². The van der Waals surface area contributed by atoms with Crippen LogP contribution in [0, 0.1) is 11.8 Å². The van der Waals surface area contributed by atoms with Gasteiger partial charge < -0.3 is 4.42 Å². The Balaban J connectivity index is 1.74. The van der Waals surface area contributed by atoms with Gasteiger partial charge in [-0.2, -0.15) is 4.57 Å². The number of fused-ring (bicyclic) bond motifs is 8. The van der Waals surface area contributed by atoms with Gasteiger partial charge in [0.05, 0.1) is 5.56 Å². The molecule has 3 nitrogen and oxygen atoms in total. The molecule has 0 bridgehead atoms. The zero-order valence-electron chi connectivity index (χ0n) is 27.8. The predicted octanol–water partition coefficient (Wildman–Crippen LogP) is 10.7. The maximum Gasteiger partial charge on any atom is 0.295 e. The second-order valence-electron chi connectivity index (χ2n) is 14.4. The van der Waals surface area contributed by atoms with Crippen LogP contribution in [-0.4, -0.2) is 4.57 Å². The summed E-state index contributed by atoms with van der Waals surface area (Å²) in [5, 5.41) is 2.49. The minimum atomic E-state index is -0.112. The number of aromatic nitrogens is 2. The van der Waals surface area contributed by atoms with Crippen LogP contribution in [-0.2, 0) is 23.8 Å². The van der Waals surface area contributed by atoms with E-state index >= 15 is 0 Å². The van der Waals surface area contributed by atoms with Gasteiger partial charge in [-0.15, -0.1) is 0 Å². The number of hydrogen-bond acceptors (Lipinski definition) is 1. The van der Waals surface area contributed by atoms with Gasteiger partial charge in [-0.25, -0.2) is 4.57 Å². The van der Waals surface area contributed by atoms with Crippen molar-refractivity contribution in [3.63, 3.8) is 0 Å². The maximum atomic E-state index is 6.60. The van der Waals surface area contributed by atoms with E-state index in [1.165, 1.54) is 55.6 Å². The molecule has 0 fully saturated rings. The van der Waals surface area contributed by atoms with E-state index in [4.69, 9.17) is 4.42 Å². The minimum Gasteiger partial charge on any atom is -0.456 e. The molecule has 4 aromatic carbocycles. The van der Waals surface area contributed by atoms with Crippen LogP contribution in [0.25, 0.3) is 50.0 Å². The number of imidazole rings is 1. The van der Waals surface area contributed by atoms with Crippen molar-refractivity contribution in [2.24, 2.45) is 11.8 Å². The van der Waals surface area contributed by atoms with E-state index in [9.17, 15) is 0 Å². The number of para-hydroxylation sites is 3. The van der Waals surface area contributed by atoms with Crippen LogP contribution in [0.4, 0.5) is 0 Å². The Morgan fingerprint density at radius 1 is 0.773 bits per heavy atom. The summed E-state index contributed by atoms with van der Waals surface area (Å²) in [7, 11) is 0. The molecule has 2 unspecified atom stereocenters. The summed E-state index contributed by atoms with van der Waals surface area (Å²) < 4.78 is 12.0. The van der Waals surface area contributed by atoms with E-state index in [0.29, 0.717) is 11.8 Å². The van der Waals surface area contributed by atoms with Crippen molar-refractivity contribution in [3.8, 4) is 17.1 Å². The van der Waals surface area contributed by atoms with Gasteiger partial charge in [0.1, 0.15) is 22.4 Å². The van der Waals surface area contributed by atoms with Gasteiger partial charge in [-0.3, -0.25) is 0 Å². The lowest BCUT2D eigenvalue weighted by molar-refractivity contribution is -0.743. The van der Waals surface area contributed by atoms with Crippen molar-refractivity contribution in [2.45, 2.75) is 92.0 Å². The number of furan rings is 1. The molecule has 1 aliphatic rings. The highest BCUT2D eigenvalue weighted by Crippen LogP contribution is 2.52. The fourth-order valence-electron chi connectivity index (χ4n) is 8.45. The van der Waals surface area contributed by atoms with Crippen LogP contribution in [0.2, 0.25) is 0 Å². The molecular weight excluding hydrogens is 536 g/mol. The third-order valence-corrected chi connectivity index (χ3v) is 10.9. The standard InChI is InChI=1S/C41H47N2O/c1-9-40(7)32-19-13-11-17-29(32)39-42(33-20-14-15-21-34(33)43(39)41(40,8)10-2)38-28(23-26(3)4)25-36-37(31(38)24-27(5)6)30-18-12-16-22-35(30)44-36/h11-22,25-27H,9-10,23-24H2,1-8H3/q+1. The van der Waals surface area contributed by atoms with Crippen LogP contribution < -0.4 is 4.57 Å². The summed E-state index contributed by atoms with van der Waals surface area (Å²) in [6, 6.07) is 29.3. The van der Waals surface area contributed by atoms with E-state index in [1.807, 2.05) is 0 Å². The Kier molecular flexibility index (Phi) is 6.81. The predicted molar refractivity (Wildman–Crippen MR) is 185 cm³/mol. The summed E-state index contributed by atoms with van der Waals surface area (Å²) in [5.74, 6) is 2.30. The monoisotopic (exact) mass is 583 g/mol. The molecule has 2 aromatic heterocycles. The van der Waals surface area contributed by atoms with E-state index < -0.39 is 0 Å². The highest BCUT2D eigenvalue weighted by Gasteiger charge is 2.56. The van der Waals surface area contributed by atoms with Gasteiger partial charge in [0, 0.05) is 27.3 Å². The molecule has 44 heavy (non-hydrogen) atoms. The molecule has 0 aliphatic carbocycles. The second kappa shape index (κ2) is 10.4.